The number of halogens is 1. The summed E-state index contributed by atoms with van der Waals surface area (Å²) in [6, 6.07) is 7.73. The number of hydrogen-bond donors (Lipinski definition) is 2. The second-order valence-corrected chi connectivity index (χ2v) is 4.63. The smallest absolute Gasteiger partial charge is 0.291 e. The minimum absolute atomic E-state index is 0.156. The van der Waals surface area contributed by atoms with E-state index in [0.717, 1.165) is 17.8 Å². The predicted octanol–water partition coefficient (Wildman–Crippen LogP) is 3.00. The van der Waals surface area contributed by atoms with Crippen molar-refractivity contribution in [1.82, 2.24) is 4.98 Å². The third-order valence-electron chi connectivity index (χ3n) is 2.60. The van der Waals surface area contributed by atoms with Crippen LogP contribution in [0.15, 0.2) is 42.6 Å². The van der Waals surface area contributed by atoms with Gasteiger partial charge in [-0.05, 0) is 23.8 Å². The Kier molecular flexibility index (Phi) is 4.70. The molecule has 7 nitrogen and oxygen atoms in total. The Morgan fingerprint density at radius 1 is 1.36 bits per heavy atom. The molecule has 0 aliphatic heterocycles. The number of aromatic hydroxyl groups is 1. The number of amides is 1. The normalized spacial score (nSPS) is 10.6. The molecule has 0 saturated carbocycles. The maximum Gasteiger partial charge on any atom is 0.291 e. The second-order valence-electron chi connectivity index (χ2n) is 4.19. The van der Waals surface area contributed by atoms with Gasteiger partial charge in [0.25, 0.3) is 5.69 Å². The highest BCUT2D eigenvalue weighted by Crippen LogP contribution is 2.24. The molecule has 1 aromatic carbocycles. The summed E-state index contributed by atoms with van der Waals surface area (Å²) in [6.07, 6.45) is 3.73. The van der Waals surface area contributed by atoms with Crippen molar-refractivity contribution in [3.8, 4) is 5.75 Å². The summed E-state index contributed by atoms with van der Waals surface area (Å²) in [5, 5.41) is 23.0. The van der Waals surface area contributed by atoms with E-state index in [1.165, 1.54) is 6.08 Å². The first-order chi connectivity index (χ1) is 10.5. The molecule has 0 spiro atoms. The molecule has 0 atom stereocenters. The summed E-state index contributed by atoms with van der Waals surface area (Å²) in [4.78, 5) is 25.2. The van der Waals surface area contributed by atoms with Gasteiger partial charge in [-0.3, -0.25) is 14.9 Å². The number of anilines is 1. The second kappa shape index (κ2) is 6.68. The molecule has 1 aromatic heterocycles. The van der Waals surface area contributed by atoms with Crippen LogP contribution in [-0.2, 0) is 4.79 Å². The van der Waals surface area contributed by atoms with Crippen LogP contribution in [0, 0.1) is 10.1 Å². The Balaban J connectivity index is 2.05. The van der Waals surface area contributed by atoms with Gasteiger partial charge in [0.15, 0.2) is 11.6 Å². The summed E-state index contributed by atoms with van der Waals surface area (Å²) in [6.45, 7) is 0. The molecule has 8 heteroatoms. The summed E-state index contributed by atoms with van der Waals surface area (Å²) in [7, 11) is 0. The average Bonchev–Trinajstić information content (AvgIpc) is 2.48. The molecule has 0 aliphatic carbocycles. The van der Waals surface area contributed by atoms with E-state index >= 15 is 0 Å². The maximum absolute atomic E-state index is 11.7. The summed E-state index contributed by atoms with van der Waals surface area (Å²) in [5.74, 6) is -1.18. The third kappa shape index (κ3) is 4.03. The fourth-order valence-electron chi connectivity index (χ4n) is 1.54. The Bertz CT molecular complexity index is 744. The van der Waals surface area contributed by atoms with Crippen LogP contribution in [0.1, 0.15) is 5.56 Å². The lowest BCUT2D eigenvalue weighted by atomic mass is 10.2. The van der Waals surface area contributed by atoms with Crippen molar-refractivity contribution in [1.29, 1.82) is 0 Å². The summed E-state index contributed by atoms with van der Waals surface area (Å²) >= 11 is 5.75. The van der Waals surface area contributed by atoms with Crippen molar-refractivity contribution < 1.29 is 14.8 Å². The Labute approximate surface area is 130 Å². The van der Waals surface area contributed by atoms with Gasteiger partial charge in [0.1, 0.15) is 6.20 Å². The molecule has 1 heterocycles. The Hall–Kier alpha value is -2.93. The molecule has 2 aromatic rings. The molecule has 1 amide bonds. The van der Waals surface area contributed by atoms with Gasteiger partial charge in [0.05, 0.1) is 11.0 Å². The highest BCUT2D eigenvalue weighted by atomic mass is 35.5. The first-order valence-electron chi connectivity index (χ1n) is 6.04. The molecular weight excluding hydrogens is 310 g/mol. The van der Waals surface area contributed by atoms with Gasteiger partial charge in [-0.2, -0.15) is 0 Å². The highest BCUT2D eigenvalue weighted by molar-refractivity contribution is 6.30. The minimum atomic E-state index is -0.696. The lowest BCUT2D eigenvalue weighted by Gasteiger charge is -2.03. The van der Waals surface area contributed by atoms with Gasteiger partial charge in [-0.1, -0.05) is 23.7 Å². The fourth-order valence-corrected chi connectivity index (χ4v) is 1.67. The molecule has 0 bridgehead atoms. The third-order valence-corrected chi connectivity index (χ3v) is 2.85. The standard InChI is InChI=1S/C14H10ClN3O4/c15-10-4-1-9(2-5-10)3-6-13(20)17-14-12(19)7-11(8-16-14)18(21)22/h1-8,19H,(H,16,17,20)/b6-3+. The van der Waals surface area contributed by atoms with Crippen LogP contribution in [0.25, 0.3) is 6.08 Å². The van der Waals surface area contributed by atoms with Crippen LogP contribution in [-0.4, -0.2) is 20.9 Å². The van der Waals surface area contributed by atoms with Gasteiger partial charge in [-0.25, -0.2) is 4.98 Å². The first-order valence-corrected chi connectivity index (χ1v) is 6.41. The van der Waals surface area contributed by atoms with Gasteiger partial charge >= 0.3 is 0 Å². The number of carbonyl (C=O) groups is 1. The van der Waals surface area contributed by atoms with Crippen molar-refractivity contribution in [2.75, 3.05) is 5.32 Å². The molecule has 112 valence electrons. The van der Waals surface area contributed by atoms with Crippen molar-refractivity contribution >= 4 is 35.1 Å². The number of carbonyl (C=O) groups excluding carboxylic acids is 1. The van der Waals surface area contributed by atoms with Crippen LogP contribution in [0.5, 0.6) is 5.75 Å². The molecule has 0 radical (unpaired) electrons. The first kappa shape index (κ1) is 15.5. The minimum Gasteiger partial charge on any atom is -0.504 e. The average molecular weight is 320 g/mol. The van der Waals surface area contributed by atoms with Gasteiger partial charge in [0, 0.05) is 11.1 Å². The lowest BCUT2D eigenvalue weighted by Crippen LogP contribution is -2.09. The highest BCUT2D eigenvalue weighted by Gasteiger charge is 2.12. The maximum atomic E-state index is 11.7. The van der Waals surface area contributed by atoms with Crippen molar-refractivity contribution in [3.05, 3.63) is 63.3 Å². The van der Waals surface area contributed by atoms with E-state index in [2.05, 4.69) is 10.3 Å². The van der Waals surface area contributed by atoms with Crippen LogP contribution >= 0.6 is 11.6 Å². The van der Waals surface area contributed by atoms with E-state index in [-0.39, 0.29) is 11.5 Å². The van der Waals surface area contributed by atoms with Crippen LogP contribution in [0.2, 0.25) is 5.02 Å². The zero-order chi connectivity index (χ0) is 16.1. The van der Waals surface area contributed by atoms with E-state index in [1.807, 2.05) is 0 Å². The van der Waals surface area contributed by atoms with E-state index in [0.29, 0.717) is 5.02 Å². The number of nitrogens with zero attached hydrogens (tertiary/aromatic N) is 2. The molecule has 22 heavy (non-hydrogen) atoms. The summed E-state index contributed by atoms with van der Waals surface area (Å²) < 4.78 is 0. The largest absolute Gasteiger partial charge is 0.504 e. The quantitative estimate of drug-likeness (QED) is 0.512. The van der Waals surface area contributed by atoms with E-state index in [9.17, 15) is 20.0 Å². The van der Waals surface area contributed by atoms with Crippen molar-refractivity contribution in [2.45, 2.75) is 0 Å². The topological polar surface area (TPSA) is 105 Å². The van der Waals surface area contributed by atoms with Crippen molar-refractivity contribution in [2.24, 2.45) is 0 Å². The lowest BCUT2D eigenvalue weighted by molar-refractivity contribution is -0.385. The molecular formula is C14H10ClN3O4. The number of benzene rings is 1. The van der Waals surface area contributed by atoms with E-state index < -0.39 is 16.6 Å². The SMILES string of the molecule is O=C(/C=C/c1ccc(Cl)cc1)Nc1ncc([N+](=O)[O-])cc1O. The van der Waals surface area contributed by atoms with Gasteiger partial charge < -0.3 is 10.4 Å². The van der Waals surface area contributed by atoms with Crippen LogP contribution < -0.4 is 5.32 Å². The Morgan fingerprint density at radius 3 is 2.64 bits per heavy atom. The number of nitro groups is 1. The Morgan fingerprint density at radius 2 is 2.05 bits per heavy atom. The zero-order valence-corrected chi connectivity index (χ0v) is 11.8. The van der Waals surface area contributed by atoms with Gasteiger partial charge in [-0.15, -0.1) is 0 Å². The molecule has 0 fully saturated rings. The molecule has 0 saturated heterocycles. The van der Waals surface area contributed by atoms with Crippen molar-refractivity contribution in [3.63, 3.8) is 0 Å². The fraction of sp³-hybridized carbons (Fsp3) is 0. The number of rotatable bonds is 4. The number of aromatic nitrogens is 1. The molecule has 2 rings (SSSR count). The van der Waals surface area contributed by atoms with E-state index in [4.69, 9.17) is 11.6 Å². The molecule has 0 unspecified atom stereocenters. The number of pyridine rings is 1. The van der Waals surface area contributed by atoms with Crippen LogP contribution in [0.3, 0.4) is 0 Å². The molecule has 0 aliphatic rings. The zero-order valence-electron chi connectivity index (χ0n) is 11.1. The monoisotopic (exact) mass is 319 g/mol. The van der Waals surface area contributed by atoms with E-state index in [1.54, 1.807) is 30.3 Å². The van der Waals surface area contributed by atoms with Gasteiger partial charge in [0.2, 0.25) is 5.91 Å². The molecule has 2 N–H and O–H groups in total. The summed E-state index contributed by atoms with van der Waals surface area (Å²) in [5.41, 5.74) is 0.396. The number of nitrogens with one attached hydrogen (secondary N) is 1. The van der Waals surface area contributed by atoms with Crippen LogP contribution in [0.4, 0.5) is 11.5 Å². The number of hydrogen-bond acceptors (Lipinski definition) is 5. The predicted molar refractivity (Wildman–Crippen MR) is 81.7 cm³/mol.